The summed E-state index contributed by atoms with van der Waals surface area (Å²) in [4.78, 5) is 4.25. The molecule has 28 heavy (non-hydrogen) atoms. The number of aromatic nitrogens is 1. The van der Waals surface area contributed by atoms with E-state index in [-0.39, 0.29) is 10.9 Å². The molecule has 0 aliphatic rings. The highest BCUT2D eigenvalue weighted by Gasteiger charge is 2.17. The van der Waals surface area contributed by atoms with E-state index in [0.717, 1.165) is 24.7 Å². The van der Waals surface area contributed by atoms with E-state index < -0.39 is 20.0 Å². The number of hydrogen-bond donors (Lipinski definition) is 3. The smallest absolute Gasteiger partial charge is 0.242 e. The zero-order valence-corrected chi connectivity index (χ0v) is 17.8. The summed E-state index contributed by atoms with van der Waals surface area (Å²) in [6.45, 7) is 4.15. The standard InChI is InChI=1S/C18H26N4O4S2/c1-4-7-14(2)21-28(25,26)16-10-11-18(20-13-16)19-12-15-8-5-6-9-17(15)22-27(3,23)24/h5-6,8-11,13-14,21-22H,4,7,12H2,1-3H3,(H,19,20). The van der Waals surface area contributed by atoms with Gasteiger partial charge in [-0.2, -0.15) is 0 Å². The number of sulfonamides is 2. The van der Waals surface area contributed by atoms with Crippen LogP contribution in [-0.2, 0) is 26.6 Å². The lowest BCUT2D eigenvalue weighted by Gasteiger charge is -2.14. The maximum atomic E-state index is 12.3. The van der Waals surface area contributed by atoms with Crippen molar-refractivity contribution in [1.29, 1.82) is 0 Å². The third kappa shape index (κ3) is 6.77. The molecule has 1 heterocycles. The molecular weight excluding hydrogens is 400 g/mol. The zero-order chi connectivity index (χ0) is 20.8. The minimum atomic E-state index is -3.61. The first-order valence-corrected chi connectivity index (χ1v) is 12.3. The molecule has 2 aromatic rings. The van der Waals surface area contributed by atoms with Crippen molar-refractivity contribution in [2.24, 2.45) is 0 Å². The fraction of sp³-hybridized carbons (Fsp3) is 0.389. The molecule has 0 amide bonds. The summed E-state index contributed by atoms with van der Waals surface area (Å²) in [6.07, 6.45) is 4.03. The van der Waals surface area contributed by atoms with Crippen LogP contribution in [0.2, 0.25) is 0 Å². The van der Waals surface area contributed by atoms with Crippen LogP contribution in [0.4, 0.5) is 11.5 Å². The Labute approximate surface area is 166 Å². The van der Waals surface area contributed by atoms with Crippen LogP contribution >= 0.6 is 0 Å². The van der Waals surface area contributed by atoms with Gasteiger partial charge in [-0.05, 0) is 37.1 Å². The second-order valence-electron chi connectivity index (χ2n) is 6.58. The van der Waals surface area contributed by atoms with Gasteiger partial charge in [0, 0.05) is 18.8 Å². The third-order valence-electron chi connectivity index (χ3n) is 3.90. The van der Waals surface area contributed by atoms with Gasteiger partial charge in [-0.25, -0.2) is 26.5 Å². The SMILES string of the molecule is CCCC(C)NS(=O)(=O)c1ccc(NCc2ccccc2NS(C)(=O)=O)nc1. The van der Waals surface area contributed by atoms with Gasteiger partial charge < -0.3 is 5.32 Å². The number of anilines is 2. The first-order chi connectivity index (χ1) is 13.1. The number of rotatable bonds is 10. The Balaban J connectivity index is 2.06. The summed E-state index contributed by atoms with van der Waals surface area (Å²) in [5.74, 6) is 0.481. The van der Waals surface area contributed by atoms with Gasteiger partial charge >= 0.3 is 0 Å². The van der Waals surface area contributed by atoms with Crippen LogP contribution in [0.3, 0.4) is 0 Å². The Kier molecular flexibility index (Phi) is 7.39. The number of nitrogens with one attached hydrogen (secondary N) is 3. The van der Waals surface area contributed by atoms with Crippen molar-refractivity contribution in [2.75, 3.05) is 16.3 Å². The van der Waals surface area contributed by atoms with Gasteiger partial charge in [-0.3, -0.25) is 4.72 Å². The first-order valence-electron chi connectivity index (χ1n) is 8.88. The van der Waals surface area contributed by atoms with Gasteiger partial charge in [0.05, 0.1) is 11.9 Å². The summed E-state index contributed by atoms with van der Waals surface area (Å²) >= 11 is 0. The van der Waals surface area contributed by atoms with Crippen molar-refractivity contribution in [2.45, 2.75) is 44.2 Å². The molecule has 0 radical (unpaired) electrons. The van der Waals surface area contributed by atoms with E-state index in [1.54, 1.807) is 30.3 Å². The van der Waals surface area contributed by atoms with Crippen LogP contribution in [0.1, 0.15) is 32.3 Å². The maximum Gasteiger partial charge on any atom is 0.242 e. The van der Waals surface area contributed by atoms with Gasteiger partial charge in [-0.1, -0.05) is 31.5 Å². The van der Waals surface area contributed by atoms with E-state index >= 15 is 0 Å². The van der Waals surface area contributed by atoms with Crippen molar-refractivity contribution in [3.63, 3.8) is 0 Å². The number of para-hydroxylation sites is 1. The van der Waals surface area contributed by atoms with Crippen molar-refractivity contribution in [1.82, 2.24) is 9.71 Å². The minimum Gasteiger partial charge on any atom is -0.366 e. The van der Waals surface area contributed by atoms with E-state index in [0.29, 0.717) is 18.1 Å². The average Bonchev–Trinajstić information content (AvgIpc) is 2.60. The van der Waals surface area contributed by atoms with Crippen molar-refractivity contribution in [3.8, 4) is 0 Å². The molecule has 1 atom stereocenters. The number of hydrogen-bond acceptors (Lipinski definition) is 6. The Hall–Kier alpha value is -2.17. The lowest BCUT2D eigenvalue weighted by atomic mass is 10.2. The molecule has 0 aliphatic carbocycles. The summed E-state index contributed by atoms with van der Waals surface area (Å²) in [5.41, 5.74) is 1.22. The Morgan fingerprint density at radius 1 is 1.07 bits per heavy atom. The minimum absolute atomic E-state index is 0.0974. The molecule has 0 fully saturated rings. The molecule has 154 valence electrons. The molecule has 1 aromatic carbocycles. The highest BCUT2D eigenvalue weighted by Crippen LogP contribution is 2.18. The molecule has 8 nitrogen and oxygen atoms in total. The second-order valence-corrected chi connectivity index (χ2v) is 10.0. The first kappa shape index (κ1) is 22.1. The monoisotopic (exact) mass is 426 g/mol. The summed E-state index contributed by atoms with van der Waals surface area (Å²) < 4.78 is 52.7. The predicted octanol–water partition coefficient (Wildman–Crippen LogP) is 2.53. The van der Waals surface area contributed by atoms with Gasteiger partial charge in [0.25, 0.3) is 0 Å². The quantitative estimate of drug-likeness (QED) is 0.537. The number of benzene rings is 1. The summed E-state index contributed by atoms with van der Waals surface area (Å²) in [7, 11) is -7.00. The summed E-state index contributed by atoms with van der Waals surface area (Å²) in [5, 5.41) is 3.07. The highest BCUT2D eigenvalue weighted by atomic mass is 32.2. The Bertz CT molecular complexity index is 991. The third-order valence-corrected chi connectivity index (χ3v) is 6.06. The largest absolute Gasteiger partial charge is 0.366 e. The topological polar surface area (TPSA) is 117 Å². The average molecular weight is 427 g/mol. The molecule has 1 unspecified atom stereocenters. The van der Waals surface area contributed by atoms with E-state index in [2.05, 4.69) is 19.7 Å². The molecule has 0 saturated heterocycles. The van der Waals surface area contributed by atoms with E-state index in [1.807, 2.05) is 13.8 Å². The predicted molar refractivity (Wildman–Crippen MR) is 111 cm³/mol. The van der Waals surface area contributed by atoms with Crippen LogP contribution < -0.4 is 14.8 Å². The second kappa shape index (κ2) is 9.35. The lowest BCUT2D eigenvalue weighted by Crippen LogP contribution is -2.32. The Morgan fingerprint density at radius 3 is 2.39 bits per heavy atom. The Morgan fingerprint density at radius 2 is 1.79 bits per heavy atom. The van der Waals surface area contributed by atoms with Crippen LogP contribution in [0.5, 0.6) is 0 Å². The molecule has 0 bridgehead atoms. The lowest BCUT2D eigenvalue weighted by molar-refractivity contribution is 0.543. The fourth-order valence-corrected chi connectivity index (χ4v) is 4.45. The van der Waals surface area contributed by atoms with Gasteiger partial charge in [0.1, 0.15) is 10.7 Å². The van der Waals surface area contributed by atoms with E-state index in [1.165, 1.54) is 12.3 Å². The van der Waals surface area contributed by atoms with Gasteiger partial charge in [-0.15, -0.1) is 0 Å². The fourth-order valence-electron chi connectivity index (χ4n) is 2.63. The van der Waals surface area contributed by atoms with Gasteiger partial charge in [0.2, 0.25) is 20.0 Å². The van der Waals surface area contributed by atoms with Crippen LogP contribution in [0.25, 0.3) is 0 Å². The van der Waals surface area contributed by atoms with E-state index in [4.69, 9.17) is 0 Å². The molecule has 3 N–H and O–H groups in total. The molecule has 0 saturated carbocycles. The van der Waals surface area contributed by atoms with Gasteiger partial charge in [0.15, 0.2) is 0 Å². The van der Waals surface area contributed by atoms with Crippen LogP contribution in [0.15, 0.2) is 47.5 Å². The molecule has 0 spiro atoms. The number of pyridine rings is 1. The van der Waals surface area contributed by atoms with E-state index in [9.17, 15) is 16.8 Å². The van der Waals surface area contributed by atoms with Crippen LogP contribution in [0, 0.1) is 0 Å². The van der Waals surface area contributed by atoms with Crippen molar-refractivity contribution < 1.29 is 16.8 Å². The number of nitrogens with zero attached hydrogens (tertiary/aromatic N) is 1. The normalized spacial score (nSPS) is 13.1. The van der Waals surface area contributed by atoms with Crippen molar-refractivity contribution >= 4 is 31.6 Å². The molecule has 1 aromatic heterocycles. The summed E-state index contributed by atoms with van der Waals surface area (Å²) in [6, 6.07) is 9.91. The maximum absolute atomic E-state index is 12.3. The molecule has 2 rings (SSSR count). The van der Waals surface area contributed by atoms with Crippen molar-refractivity contribution in [3.05, 3.63) is 48.2 Å². The van der Waals surface area contributed by atoms with Crippen LogP contribution in [-0.4, -0.2) is 34.1 Å². The highest BCUT2D eigenvalue weighted by molar-refractivity contribution is 7.92. The molecule has 0 aliphatic heterocycles. The molecular formula is C18H26N4O4S2. The molecule has 10 heteroatoms. The zero-order valence-electron chi connectivity index (χ0n) is 16.1.